The molecule has 1 aliphatic rings. The minimum atomic E-state index is 0.0426. The summed E-state index contributed by atoms with van der Waals surface area (Å²) in [6.07, 6.45) is 0.378. The zero-order valence-corrected chi connectivity index (χ0v) is 13.7. The molecule has 1 N–H and O–H groups in total. The molecule has 2 atom stereocenters. The van der Waals surface area contributed by atoms with Crippen LogP contribution >= 0.6 is 0 Å². The second kappa shape index (κ2) is 8.15. The van der Waals surface area contributed by atoms with Crippen LogP contribution in [-0.4, -0.2) is 56.3 Å². The zero-order chi connectivity index (χ0) is 15.9. The van der Waals surface area contributed by atoms with E-state index in [9.17, 15) is 4.79 Å². The highest BCUT2D eigenvalue weighted by Gasteiger charge is 2.23. The molecule has 1 aromatic carbocycles. The standard InChI is InChI=1S/C17H26N2O3/c1-13(19-7-8-22-12-14(19)2)11-18-17(20)10-15-5-4-6-16(9-15)21-3/h4-6,9,13-14H,7-8,10-12H2,1-3H3,(H,18,20). The Balaban J connectivity index is 1.79. The summed E-state index contributed by atoms with van der Waals surface area (Å²) in [5, 5.41) is 3.02. The molecule has 122 valence electrons. The van der Waals surface area contributed by atoms with Gasteiger partial charge in [-0.1, -0.05) is 12.1 Å². The molecule has 0 bridgehead atoms. The lowest BCUT2D eigenvalue weighted by molar-refractivity contribution is -0.120. The van der Waals surface area contributed by atoms with Crippen molar-refractivity contribution >= 4 is 5.91 Å². The normalized spacial score (nSPS) is 20.4. The van der Waals surface area contributed by atoms with Crippen LogP contribution < -0.4 is 10.1 Å². The number of methoxy groups -OCH3 is 1. The van der Waals surface area contributed by atoms with Crippen molar-refractivity contribution < 1.29 is 14.3 Å². The fourth-order valence-electron chi connectivity index (χ4n) is 2.80. The van der Waals surface area contributed by atoms with E-state index >= 15 is 0 Å². The summed E-state index contributed by atoms with van der Waals surface area (Å²) in [7, 11) is 1.63. The predicted molar refractivity (Wildman–Crippen MR) is 86.2 cm³/mol. The van der Waals surface area contributed by atoms with E-state index in [0.29, 0.717) is 25.0 Å². The molecule has 1 heterocycles. The van der Waals surface area contributed by atoms with Crippen molar-refractivity contribution in [2.75, 3.05) is 33.4 Å². The molecule has 1 amide bonds. The molecule has 1 fully saturated rings. The van der Waals surface area contributed by atoms with Crippen LogP contribution in [0.1, 0.15) is 19.4 Å². The fourth-order valence-corrected chi connectivity index (χ4v) is 2.80. The first-order valence-electron chi connectivity index (χ1n) is 7.83. The Labute approximate surface area is 132 Å². The molecule has 0 aromatic heterocycles. The predicted octanol–water partition coefficient (Wildman–Crippen LogP) is 1.46. The van der Waals surface area contributed by atoms with Crippen LogP contribution in [0.2, 0.25) is 0 Å². The van der Waals surface area contributed by atoms with Crippen molar-refractivity contribution in [2.24, 2.45) is 0 Å². The van der Waals surface area contributed by atoms with Crippen molar-refractivity contribution in [3.63, 3.8) is 0 Å². The molecular weight excluding hydrogens is 280 g/mol. The first-order chi connectivity index (χ1) is 10.6. The highest BCUT2D eigenvalue weighted by atomic mass is 16.5. The molecular formula is C17H26N2O3. The van der Waals surface area contributed by atoms with Crippen LogP contribution in [0.5, 0.6) is 5.75 Å². The second-order valence-electron chi connectivity index (χ2n) is 5.84. The van der Waals surface area contributed by atoms with Gasteiger partial charge in [-0.25, -0.2) is 0 Å². The number of hydrogen-bond acceptors (Lipinski definition) is 4. The smallest absolute Gasteiger partial charge is 0.224 e. The topological polar surface area (TPSA) is 50.8 Å². The number of carbonyl (C=O) groups is 1. The van der Waals surface area contributed by atoms with E-state index in [1.165, 1.54) is 0 Å². The molecule has 5 heteroatoms. The summed E-state index contributed by atoms with van der Waals surface area (Å²) in [4.78, 5) is 14.5. The quantitative estimate of drug-likeness (QED) is 0.864. The number of benzene rings is 1. The monoisotopic (exact) mass is 306 g/mol. The van der Waals surface area contributed by atoms with Gasteiger partial charge in [0.2, 0.25) is 5.91 Å². The molecule has 2 unspecified atom stereocenters. The lowest BCUT2D eigenvalue weighted by atomic mass is 10.1. The van der Waals surface area contributed by atoms with Gasteiger partial charge < -0.3 is 14.8 Å². The fraction of sp³-hybridized carbons (Fsp3) is 0.588. The van der Waals surface area contributed by atoms with E-state index < -0.39 is 0 Å². The Hall–Kier alpha value is -1.59. The summed E-state index contributed by atoms with van der Waals surface area (Å²) >= 11 is 0. The van der Waals surface area contributed by atoms with Crippen molar-refractivity contribution in [2.45, 2.75) is 32.4 Å². The Morgan fingerprint density at radius 1 is 1.55 bits per heavy atom. The van der Waals surface area contributed by atoms with E-state index in [1.807, 2.05) is 24.3 Å². The number of rotatable bonds is 6. The summed E-state index contributed by atoms with van der Waals surface area (Å²) in [6.45, 7) is 7.43. The maximum absolute atomic E-state index is 12.1. The van der Waals surface area contributed by atoms with Crippen LogP contribution in [0.15, 0.2) is 24.3 Å². The molecule has 2 rings (SSSR count). The molecule has 1 aliphatic heterocycles. The van der Waals surface area contributed by atoms with Crippen LogP contribution in [0.25, 0.3) is 0 Å². The van der Waals surface area contributed by atoms with Crippen LogP contribution in [0.4, 0.5) is 0 Å². The van der Waals surface area contributed by atoms with Gasteiger partial charge in [0.05, 0.1) is 26.7 Å². The average Bonchev–Trinajstić information content (AvgIpc) is 2.53. The lowest BCUT2D eigenvalue weighted by Gasteiger charge is -2.37. The van der Waals surface area contributed by atoms with Crippen molar-refractivity contribution in [1.29, 1.82) is 0 Å². The van der Waals surface area contributed by atoms with Crippen LogP contribution in [-0.2, 0) is 16.0 Å². The third kappa shape index (κ3) is 4.71. The average molecular weight is 306 g/mol. The Morgan fingerprint density at radius 2 is 2.36 bits per heavy atom. The number of amides is 1. The Bertz CT molecular complexity index is 493. The third-order valence-electron chi connectivity index (χ3n) is 4.08. The first kappa shape index (κ1) is 16.8. The summed E-state index contributed by atoms with van der Waals surface area (Å²) in [5.74, 6) is 0.821. The highest BCUT2D eigenvalue weighted by molar-refractivity contribution is 5.78. The second-order valence-corrected chi connectivity index (χ2v) is 5.84. The Morgan fingerprint density at radius 3 is 3.09 bits per heavy atom. The number of nitrogens with zero attached hydrogens (tertiary/aromatic N) is 1. The van der Waals surface area contributed by atoms with Gasteiger partial charge in [0.1, 0.15) is 5.75 Å². The molecule has 1 aromatic rings. The third-order valence-corrected chi connectivity index (χ3v) is 4.08. The van der Waals surface area contributed by atoms with Crippen molar-refractivity contribution in [3.05, 3.63) is 29.8 Å². The molecule has 0 spiro atoms. The van der Waals surface area contributed by atoms with E-state index in [2.05, 4.69) is 24.1 Å². The summed E-state index contributed by atoms with van der Waals surface area (Å²) in [5.41, 5.74) is 0.962. The van der Waals surface area contributed by atoms with Gasteiger partial charge in [-0.15, -0.1) is 0 Å². The molecule has 5 nitrogen and oxygen atoms in total. The van der Waals surface area contributed by atoms with Gasteiger partial charge >= 0.3 is 0 Å². The number of hydrogen-bond donors (Lipinski definition) is 1. The van der Waals surface area contributed by atoms with E-state index in [4.69, 9.17) is 9.47 Å². The number of ether oxygens (including phenoxy) is 2. The molecule has 0 saturated carbocycles. The van der Waals surface area contributed by atoms with Gasteiger partial charge in [-0.2, -0.15) is 0 Å². The molecule has 1 saturated heterocycles. The number of carbonyl (C=O) groups excluding carboxylic acids is 1. The maximum Gasteiger partial charge on any atom is 0.224 e. The van der Waals surface area contributed by atoms with Gasteiger partial charge in [0, 0.05) is 25.2 Å². The van der Waals surface area contributed by atoms with Crippen LogP contribution in [0.3, 0.4) is 0 Å². The SMILES string of the molecule is COc1cccc(CC(=O)NCC(C)N2CCOCC2C)c1. The van der Waals surface area contributed by atoms with Gasteiger partial charge in [-0.3, -0.25) is 9.69 Å². The van der Waals surface area contributed by atoms with E-state index in [0.717, 1.165) is 31.1 Å². The van der Waals surface area contributed by atoms with Gasteiger partial charge in [0.25, 0.3) is 0 Å². The molecule has 0 radical (unpaired) electrons. The minimum Gasteiger partial charge on any atom is -0.497 e. The maximum atomic E-state index is 12.1. The van der Waals surface area contributed by atoms with Crippen molar-refractivity contribution in [3.8, 4) is 5.75 Å². The minimum absolute atomic E-state index is 0.0426. The molecule has 22 heavy (non-hydrogen) atoms. The van der Waals surface area contributed by atoms with E-state index in [1.54, 1.807) is 7.11 Å². The summed E-state index contributed by atoms with van der Waals surface area (Å²) in [6, 6.07) is 8.33. The largest absolute Gasteiger partial charge is 0.497 e. The van der Waals surface area contributed by atoms with Gasteiger partial charge in [0.15, 0.2) is 0 Å². The Kier molecular flexibility index (Phi) is 6.21. The number of morpholine rings is 1. The first-order valence-corrected chi connectivity index (χ1v) is 7.83. The van der Waals surface area contributed by atoms with Crippen molar-refractivity contribution in [1.82, 2.24) is 10.2 Å². The highest BCUT2D eigenvalue weighted by Crippen LogP contribution is 2.13. The molecule has 0 aliphatic carbocycles. The van der Waals surface area contributed by atoms with Crippen LogP contribution in [0, 0.1) is 0 Å². The van der Waals surface area contributed by atoms with E-state index in [-0.39, 0.29) is 5.91 Å². The lowest BCUT2D eigenvalue weighted by Crippen LogP contribution is -2.52. The summed E-state index contributed by atoms with van der Waals surface area (Å²) < 4.78 is 10.6. The number of nitrogens with one attached hydrogen (secondary N) is 1. The zero-order valence-electron chi connectivity index (χ0n) is 13.7. The van der Waals surface area contributed by atoms with Gasteiger partial charge in [-0.05, 0) is 31.5 Å².